The smallest absolute Gasteiger partial charge is 0.267 e. The van der Waals surface area contributed by atoms with Gasteiger partial charge in [-0.15, -0.1) is 0 Å². The molecule has 5 nitrogen and oxygen atoms in total. The van der Waals surface area contributed by atoms with Crippen LogP contribution in [0.3, 0.4) is 0 Å². The van der Waals surface area contributed by atoms with E-state index >= 15 is 0 Å². The minimum Gasteiger partial charge on any atom is -0.482 e. The number of likely N-dealkylation sites (N-methyl/N-ethyl adjacent to an activating group) is 1. The number of fused-ring (bicyclic) bond motifs is 1. The maximum atomic E-state index is 13.2. The SMILES string of the molecule is CC1Oc2ccccc2OC1C(=O)N1CCCC1C1CCCN1C. The third-order valence-corrected chi connectivity index (χ3v) is 5.69. The maximum absolute atomic E-state index is 13.2. The molecule has 0 saturated carbocycles. The number of hydrogen-bond acceptors (Lipinski definition) is 4. The van der Waals surface area contributed by atoms with Gasteiger partial charge in [-0.25, -0.2) is 0 Å². The van der Waals surface area contributed by atoms with Gasteiger partial charge in [-0.2, -0.15) is 0 Å². The highest BCUT2D eigenvalue weighted by Crippen LogP contribution is 2.35. The number of amides is 1. The Bertz CT molecular complexity index is 620. The molecule has 0 radical (unpaired) electrons. The summed E-state index contributed by atoms with van der Waals surface area (Å²) >= 11 is 0. The van der Waals surface area contributed by atoms with Crippen molar-refractivity contribution in [2.45, 2.75) is 56.9 Å². The average molecular weight is 330 g/mol. The lowest BCUT2D eigenvalue weighted by Gasteiger charge is -2.38. The lowest BCUT2D eigenvalue weighted by Crippen LogP contribution is -2.55. The maximum Gasteiger partial charge on any atom is 0.267 e. The number of likely N-dealkylation sites (tertiary alicyclic amines) is 2. The van der Waals surface area contributed by atoms with Gasteiger partial charge in [0, 0.05) is 18.6 Å². The quantitative estimate of drug-likeness (QED) is 0.834. The third kappa shape index (κ3) is 2.65. The van der Waals surface area contributed by atoms with Gasteiger partial charge in [0.25, 0.3) is 5.91 Å². The van der Waals surface area contributed by atoms with Crippen molar-refractivity contribution in [1.82, 2.24) is 9.80 Å². The van der Waals surface area contributed by atoms with Crippen LogP contribution in [0.15, 0.2) is 24.3 Å². The molecular formula is C19H26N2O3. The number of carbonyl (C=O) groups is 1. The molecule has 5 heteroatoms. The number of benzene rings is 1. The summed E-state index contributed by atoms with van der Waals surface area (Å²) in [5, 5.41) is 0. The van der Waals surface area contributed by atoms with E-state index in [1.165, 1.54) is 12.8 Å². The molecule has 24 heavy (non-hydrogen) atoms. The molecule has 2 fully saturated rings. The minimum atomic E-state index is -0.549. The van der Waals surface area contributed by atoms with E-state index in [0.717, 1.165) is 31.7 Å². The first-order valence-electron chi connectivity index (χ1n) is 9.08. The summed E-state index contributed by atoms with van der Waals surface area (Å²) in [6, 6.07) is 8.39. The summed E-state index contributed by atoms with van der Waals surface area (Å²) in [6.07, 6.45) is 3.78. The van der Waals surface area contributed by atoms with E-state index in [2.05, 4.69) is 16.8 Å². The Kier molecular flexibility index (Phi) is 4.12. The second-order valence-electron chi connectivity index (χ2n) is 7.24. The van der Waals surface area contributed by atoms with Gasteiger partial charge in [-0.1, -0.05) is 12.1 Å². The van der Waals surface area contributed by atoms with Crippen LogP contribution in [0.2, 0.25) is 0 Å². The number of hydrogen-bond donors (Lipinski definition) is 0. The lowest BCUT2D eigenvalue weighted by molar-refractivity contribution is -0.146. The lowest BCUT2D eigenvalue weighted by atomic mass is 10.0. The molecule has 0 aromatic heterocycles. The van der Waals surface area contributed by atoms with Gasteiger partial charge in [0.2, 0.25) is 6.10 Å². The molecule has 1 amide bonds. The molecule has 3 aliphatic rings. The summed E-state index contributed by atoms with van der Waals surface area (Å²) in [7, 11) is 2.18. The zero-order chi connectivity index (χ0) is 16.7. The van der Waals surface area contributed by atoms with Crippen LogP contribution in [0.1, 0.15) is 32.6 Å². The highest BCUT2D eigenvalue weighted by molar-refractivity contribution is 5.83. The molecule has 3 aliphatic heterocycles. The van der Waals surface area contributed by atoms with E-state index in [4.69, 9.17) is 9.47 Å². The van der Waals surface area contributed by atoms with Gasteiger partial charge in [0.15, 0.2) is 11.5 Å². The first-order valence-corrected chi connectivity index (χ1v) is 9.08. The number of para-hydroxylation sites is 2. The van der Waals surface area contributed by atoms with Crippen LogP contribution in [0.5, 0.6) is 11.5 Å². The topological polar surface area (TPSA) is 42.0 Å². The Labute approximate surface area is 143 Å². The van der Waals surface area contributed by atoms with Crippen molar-refractivity contribution in [2.24, 2.45) is 0 Å². The molecule has 2 saturated heterocycles. The molecular weight excluding hydrogens is 304 g/mol. The standard InChI is InChI=1S/C19H26N2O3/c1-13-18(24-17-10-4-3-9-16(17)23-13)19(22)21-12-6-8-15(21)14-7-5-11-20(14)2/h3-4,9-10,13-15,18H,5-8,11-12H2,1-2H3. The number of ether oxygens (including phenoxy) is 2. The van der Waals surface area contributed by atoms with E-state index in [9.17, 15) is 4.79 Å². The van der Waals surface area contributed by atoms with E-state index in [1.54, 1.807) is 0 Å². The fourth-order valence-corrected chi connectivity index (χ4v) is 4.44. The van der Waals surface area contributed by atoms with Gasteiger partial charge in [0.1, 0.15) is 6.10 Å². The van der Waals surface area contributed by atoms with Crippen LogP contribution in [-0.2, 0) is 4.79 Å². The molecule has 4 atom stereocenters. The molecule has 1 aromatic carbocycles. The van der Waals surface area contributed by atoms with E-state index in [-0.39, 0.29) is 12.0 Å². The summed E-state index contributed by atoms with van der Waals surface area (Å²) in [5.74, 6) is 1.48. The first kappa shape index (κ1) is 15.8. The summed E-state index contributed by atoms with van der Waals surface area (Å²) < 4.78 is 12.0. The molecule has 1 aromatic rings. The molecule has 0 spiro atoms. The molecule has 4 unspecified atom stereocenters. The van der Waals surface area contributed by atoms with Crippen LogP contribution in [0, 0.1) is 0 Å². The highest BCUT2D eigenvalue weighted by atomic mass is 16.6. The zero-order valence-electron chi connectivity index (χ0n) is 14.5. The Morgan fingerprint density at radius 1 is 1.04 bits per heavy atom. The molecule has 4 rings (SSSR count). The summed E-state index contributed by atoms with van der Waals surface area (Å²) in [6.45, 7) is 3.89. The van der Waals surface area contributed by atoms with E-state index < -0.39 is 6.10 Å². The fraction of sp³-hybridized carbons (Fsp3) is 0.632. The van der Waals surface area contributed by atoms with Crippen LogP contribution < -0.4 is 9.47 Å². The van der Waals surface area contributed by atoms with Crippen LogP contribution in [-0.4, -0.2) is 60.1 Å². The number of carbonyl (C=O) groups excluding carboxylic acids is 1. The zero-order valence-corrected chi connectivity index (χ0v) is 14.5. The Morgan fingerprint density at radius 3 is 2.42 bits per heavy atom. The Balaban J connectivity index is 1.52. The van der Waals surface area contributed by atoms with Crippen molar-refractivity contribution in [3.05, 3.63) is 24.3 Å². The largest absolute Gasteiger partial charge is 0.482 e. The highest BCUT2D eigenvalue weighted by Gasteiger charge is 2.44. The number of rotatable bonds is 2. The molecule has 3 heterocycles. The number of nitrogens with zero attached hydrogens (tertiary/aromatic N) is 2. The normalized spacial score (nSPS) is 33.0. The van der Waals surface area contributed by atoms with Gasteiger partial charge < -0.3 is 19.3 Å². The van der Waals surface area contributed by atoms with Crippen LogP contribution >= 0.6 is 0 Å². The van der Waals surface area contributed by atoms with Crippen molar-refractivity contribution in [3.8, 4) is 11.5 Å². The molecule has 0 bridgehead atoms. The minimum absolute atomic E-state index is 0.0832. The summed E-state index contributed by atoms with van der Waals surface area (Å²) in [5.41, 5.74) is 0. The van der Waals surface area contributed by atoms with Crippen LogP contribution in [0.4, 0.5) is 0 Å². The van der Waals surface area contributed by atoms with Crippen molar-refractivity contribution in [1.29, 1.82) is 0 Å². The fourth-order valence-electron chi connectivity index (χ4n) is 4.44. The van der Waals surface area contributed by atoms with E-state index in [1.807, 2.05) is 31.2 Å². The van der Waals surface area contributed by atoms with Crippen LogP contribution in [0.25, 0.3) is 0 Å². The second-order valence-corrected chi connectivity index (χ2v) is 7.24. The van der Waals surface area contributed by atoms with Crippen molar-refractivity contribution in [2.75, 3.05) is 20.1 Å². The average Bonchev–Trinajstić information content (AvgIpc) is 3.21. The van der Waals surface area contributed by atoms with Crippen molar-refractivity contribution in [3.63, 3.8) is 0 Å². The Hall–Kier alpha value is -1.75. The molecule has 130 valence electrons. The van der Waals surface area contributed by atoms with Crippen molar-refractivity contribution < 1.29 is 14.3 Å². The monoisotopic (exact) mass is 330 g/mol. The van der Waals surface area contributed by atoms with Gasteiger partial charge in [-0.05, 0) is 58.3 Å². The first-order chi connectivity index (χ1) is 11.6. The van der Waals surface area contributed by atoms with Gasteiger partial charge in [0.05, 0.1) is 0 Å². The summed E-state index contributed by atoms with van der Waals surface area (Å²) in [4.78, 5) is 17.7. The van der Waals surface area contributed by atoms with E-state index in [0.29, 0.717) is 17.8 Å². The predicted molar refractivity (Wildman–Crippen MR) is 91.3 cm³/mol. The van der Waals surface area contributed by atoms with Crippen molar-refractivity contribution >= 4 is 5.91 Å². The molecule has 0 N–H and O–H groups in total. The predicted octanol–water partition coefficient (Wildman–Crippen LogP) is 2.30. The van der Waals surface area contributed by atoms with Gasteiger partial charge in [-0.3, -0.25) is 4.79 Å². The third-order valence-electron chi connectivity index (χ3n) is 5.69. The second kappa shape index (κ2) is 6.28. The van der Waals surface area contributed by atoms with Gasteiger partial charge >= 0.3 is 0 Å². The Morgan fingerprint density at radius 2 is 1.71 bits per heavy atom. The molecule has 0 aliphatic carbocycles.